The second-order valence-electron chi connectivity index (χ2n) is 4.81. The number of esters is 1. The minimum Gasteiger partial charge on any atom is -0.462 e. The van der Waals surface area contributed by atoms with Crippen molar-refractivity contribution < 1.29 is 40.3 Å². The van der Waals surface area contributed by atoms with Crippen LogP contribution in [0.25, 0.3) is 0 Å². The Morgan fingerprint density at radius 1 is 1.04 bits per heavy atom. The third kappa shape index (κ3) is 12.3. The standard InChI is InChI=1S/C13H21NO9S2/c1-3-23-13(16)12(11(2)15)5-4-6-14(7-9-24(17,18)19)8-10-25(20,21)22/h4-6H,3,7-10H2,1-2H3,(H,17,18,19)(H,20,21,22). The molecule has 25 heavy (non-hydrogen) atoms. The summed E-state index contributed by atoms with van der Waals surface area (Å²) >= 11 is 0. The number of ketones is 1. The van der Waals surface area contributed by atoms with Gasteiger partial charge in [-0.15, -0.1) is 0 Å². The molecule has 0 amide bonds. The first-order valence-corrected chi connectivity index (χ1v) is 10.3. The summed E-state index contributed by atoms with van der Waals surface area (Å²) in [6, 6.07) is 0. The van der Waals surface area contributed by atoms with Gasteiger partial charge in [0.05, 0.1) is 18.1 Å². The van der Waals surface area contributed by atoms with Crippen molar-refractivity contribution >= 4 is 32.0 Å². The van der Waals surface area contributed by atoms with E-state index in [1.54, 1.807) is 6.92 Å². The predicted octanol–water partition coefficient (Wildman–Crippen LogP) is -0.344. The number of carbonyl (C=O) groups is 2. The van der Waals surface area contributed by atoms with E-state index in [0.29, 0.717) is 0 Å². The second kappa shape index (κ2) is 10.3. The van der Waals surface area contributed by atoms with Gasteiger partial charge in [-0.05, 0) is 32.2 Å². The zero-order valence-corrected chi connectivity index (χ0v) is 15.4. The van der Waals surface area contributed by atoms with Crippen molar-refractivity contribution in [2.75, 3.05) is 31.2 Å². The zero-order chi connectivity index (χ0) is 19.7. The number of ether oxygens (including phenoxy) is 1. The third-order valence-corrected chi connectivity index (χ3v) is 4.10. The van der Waals surface area contributed by atoms with E-state index in [1.165, 1.54) is 17.2 Å². The minimum atomic E-state index is -4.28. The lowest BCUT2D eigenvalue weighted by Crippen LogP contribution is -2.29. The molecule has 0 fully saturated rings. The van der Waals surface area contributed by atoms with Crippen molar-refractivity contribution in [1.82, 2.24) is 4.90 Å². The number of carbonyl (C=O) groups excluding carboxylic acids is 2. The van der Waals surface area contributed by atoms with Crippen molar-refractivity contribution in [3.63, 3.8) is 0 Å². The highest BCUT2D eigenvalue weighted by atomic mass is 32.2. The Kier molecular flexibility index (Phi) is 9.56. The van der Waals surface area contributed by atoms with Gasteiger partial charge in [-0.25, -0.2) is 4.79 Å². The van der Waals surface area contributed by atoms with E-state index in [4.69, 9.17) is 13.8 Å². The topological polar surface area (TPSA) is 155 Å². The quantitative estimate of drug-likeness (QED) is 0.118. The molecule has 0 aliphatic rings. The summed E-state index contributed by atoms with van der Waals surface area (Å²) in [6.45, 7) is 2.26. The number of hydrogen-bond donors (Lipinski definition) is 2. The summed E-state index contributed by atoms with van der Waals surface area (Å²) < 4.78 is 65.4. The Balaban J connectivity index is 5.22. The van der Waals surface area contributed by atoms with E-state index < -0.39 is 43.5 Å². The average molecular weight is 399 g/mol. The maximum atomic E-state index is 11.6. The molecule has 0 aromatic carbocycles. The monoisotopic (exact) mass is 399 g/mol. The summed E-state index contributed by atoms with van der Waals surface area (Å²) in [6.07, 6.45) is 3.58. The first kappa shape index (κ1) is 23.2. The molecule has 0 bridgehead atoms. The van der Waals surface area contributed by atoms with Crippen LogP contribution in [0.4, 0.5) is 0 Å². The number of nitrogens with zero attached hydrogens (tertiary/aromatic N) is 1. The first-order valence-electron chi connectivity index (χ1n) is 7.06. The Hall–Kier alpha value is -1.76. The van der Waals surface area contributed by atoms with Gasteiger partial charge in [-0.2, -0.15) is 16.8 Å². The highest BCUT2D eigenvalue weighted by molar-refractivity contribution is 7.86. The third-order valence-electron chi connectivity index (χ3n) is 2.71. The van der Waals surface area contributed by atoms with Crippen molar-refractivity contribution in [2.24, 2.45) is 0 Å². The highest BCUT2D eigenvalue weighted by Crippen LogP contribution is 2.02. The minimum absolute atomic E-state index is 0.0714. The molecule has 10 nitrogen and oxygen atoms in total. The first-order chi connectivity index (χ1) is 11.4. The molecule has 0 radical (unpaired) electrons. The molecule has 2 N–H and O–H groups in total. The molecule has 0 unspecified atom stereocenters. The summed E-state index contributed by atoms with van der Waals surface area (Å²) in [5.41, 5.74) is -0.248. The van der Waals surface area contributed by atoms with Crippen LogP contribution in [0, 0.1) is 0 Å². The van der Waals surface area contributed by atoms with Crippen LogP contribution in [0.2, 0.25) is 0 Å². The molecule has 0 aliphatic heterocycles. The molecule has 0 aromatic heterocycles. The Morgan fingerprint density at radius 3 is 1.88 bits per heavy atom. The van der Waals surface area contributed by atoms with Gasteiger partial charge < -0.3 is 9.64 Å². The number of Topliss-reactive ketones (excluding diaryl/α,β-unsaturated/α-hetero) is 1. The Bertz CT molecular complexity index is 699. The molecule has 0 aromatic rings. The van der Waals surface area contributed by atoms with E-state index in [0.717, 1.165) is 13.0 Å². The molecular weight excluding hydrogens is 378 g/mol. The molecule has 0 saturated carbocycles. The van der Waals surface area contributed by atoms with E-state index in [9.17, 15) is 26.4 Å². The molecular formula is C13H21NO9S2. The Labute approximate surface area is 146 Å². The molecule has 144 valence electrons. The Morgan fingerprint density at radius 2 is 1.52 bits per heavy atom. The van der Waals surface area contributed by atoms with Crippen LogP contribution in [0.5, 0.6) is 0 Å². The number of allylic oxidation sites excluding steroid dienone is 2. The van der Waals surface area contributed by atoms with E-state index in [2.05, 4.69) is 0 Å². The molecule has 0 saturated heterocycles. The molecule has 0 spiro atoms. The van der Waals surface area contributed by atoms with Crippen molar-refractivity contribution in [3.05, 3.63) is 23.9 Å². The van der Waals surface area contributed by atoms with Crippen LogP contribution in [-0.4, -0.2) is 73.8 Å². The fourth-order valence-corrected chi connectivity index (χ4v) is 2.46. The van der Waals surface area contributed by atoms with Gasteiger partial charge in [0.25, 0.3) is 20.2 Å². The summed E-state index contributed by atoms with van der Waals surface area (Å²) in [5.74, 6) is -2.74. The summed E-state index contributed by atoms with van der Waals surface area (Å²) in [4.78, 5) is 24.2. The molecule has 0 rings (SSSR count). The zero-order valence-electron chi connectivity index (χ0n) is 13.8. The second-order valence-corrected chi connectivity index (χ2v) is 7.95. The van der Waals surface area contributed by atoms with Gasteiger partial charge in [-0.1, -0.05) is 0 Å². The van der Waals surface area contributed by atoms with Crippen molar-refractivity contribution in [2.45, 2.75) is 13.8 Å². The smallest absolute Gasteiger partial charge is 0.341 e. The van der Waals surface area contributed by atoms with Gasteiger partial charge in [0.15, 0.2) is 5.78 Å². The summed E-state index contributed by atoms with van der Waals surface area (Å²) in [5, 5.41) is 0. The van der Waals surface area contributed by atoms with Crippen LogP contribution in [0.15, 0.2) is 23.9 Å². The van der Waals surface area contributed by atoms with Gasteiger partial charge in [0.1, 0.15) is 5.57 Å². The maximum absolute atomic E-state index is 11.6. The predicted molar refractivity (Wildman–Crippen MR) is 88.9 cm³/mol. The maximum Gasteiger partial charge on any atom is 0.341 e. The molecule has 0 aliphatic carbocycles. The van der Waals surface area contributed by atoms with Crippen LogP contribution < -0.4 is 0 Å². The van der Waals surface area contributed by atoms with Crippen LogP contribution in [0.3, 0.4) is 0 Å². The average Bonchev–Trinajstić information content (AvgIpc) is 2.43. The molecule has 0 heterocycles. The van der Waals surface area contributed by atoms with E-state index in [-0.39, 0.29) is 25.3 Å². The van der Waals surface area contributed by atoms with Crippen LogP contribution in [0.1, 0.15) is 13.8 Å². The van der Waals surface area contributed by atoms with E-state index in [1.807, 2.05) is 0 Å². The van der Waals surface area contributed by atoms with Gasteiger partial charge in [0, 0.05) is 13.1 Å². The fourth-order valence-electron chi connectivity index (χ4n) is 1.53. The van der Waals surface area contributed by atoms with Gasteiger partial charge >= 0.3 is 5.97 Å². The van der Waals surface area contributed by atoms with Crippen LogP contribution in [-0.2, 0) is 34.6 Å². The van der Waals surface area contributed by atoms with Crippen molar-refractivity contribution in [3.8, 4) is 0 Å². The lowest BCUT2D eigenvalue weighted by Gasteiger charge is -2.18. The molecule has 0 atom stereocenters. The lowest BCUT2D eigenvalue weighted by atomic mass is 10.2. The van der Waals surface area contributed by atoms with Crippen LogP contribution >= 0.6 is 0 Å². The number of hydrogen-bond acceptors (Lipinski definition) is 8. The van der Waals surface area contributed by atoms with Crippen molar-refractivity contribution in [1.29, 1.82) is 0 Å². The van der Waals surface area contributed by atoms with Gasteiger partial charge in [0.2, 0.25) is 0 Å². The molecule has 12 heteroatoms. The largest absolute Gasteiger partial charge is 0.462 e. The normalized spacial score (nSPS) is 13.0. The SMILES string of the molecule is CCOC(=O)C(=CC=CN(CCS(=O)(=O)O)CCS(=O)(=O)O)C(C)=O. The fraction of sp³-hybridized carbons (Fsp3) is 0.538. The van der Waals surface area contributed by atoms with E-state index >= 15 is 0 Å². The highest BCUT2D eigenvalue weighted by Gasteiger charge is 2.15. The van der Waals surface area contributed by atoms with Gasteiger partial charge in [-0.3, -0.25) is 13.9 Å². The summed E-state index contributed by atoms with van der Waals surface area (Å²) in [7, 11) is -8.56. The lowest BCUT2D eigenvalue weighted by molar-refractivity contribution is -0.139. The number of rotatable bonds is 11.